The summed E-state index contributed by atoms with van der Waals surface area (Å²) >= 11 is 0. The van der Waals surface area contributed by atoms with Crippen LogP contribution >= 0.6 is 0 Å². The Morgan fingerprint density at radius 3 is 2.86 bits per heavy atom. The zero-order chi connectivity index (χ0) is 14.9. The van der Waals surface area contributed by atoms with Gasteiger partial charge in [-0.05, 0) is 49.7 Å². The number of piperidine rings is 1. The molecule has 22 heavy (non-hydrogen) atoms. The summed E-state index contributed by atoms with van der Waals surface area (Å²) in [5, 5.41) is 4.60. The van der Waals surface area contributed by atoms with Crippen LogP contribution in [0.4, 0.5) is 4.39 Å². The molecule has 1 atom stereocenters. The Hall–Kier alpha value is -1.65. The molecule has 1 fully saturated rings. The number of benzene rings is 1. The van der Waals surface area contributed by atoms with Crippen molar-refractivity contribution in [1.82, 2.24) is 15.2 Å². The Morgan fingerprint density at radius 2 is 2.00 bits per heavy atom. The van der Waals surface area contributed by atoms with E-state index in [0.29, 0.717) is 6.17 Å². The summed E-state index contributed by atoms with van der Waals surface area (Å²) in [7, 11) is 0. The summed E-state index contributed by atoms with van der Waals surface area (Å²) in [5.41, 5.74) is 3.48. The number of likely N-dealkylation sites (tertiary alicyclic amines) is 1. The zero-order valence-corrected chi connectivity index (χ0v) is 12.7. The fourth-order valence-corrected chi connectivity index (χ4v) is 3.75. The van der Waals surface area contributed by atoms with Gasteiger partial charge >= 0.3 is 0 Å². The molecule has 0 bridgehead atoms. The lowest BCUT2D eigenvalue weighted by molar-refractivity contribution is 0.140. The van der Waals surface area contributed by atoms with E-state index in [4.69, 9.17) is 0 Å². The Labute approximate surface area is 130 Å². The maximum atomic E-state index is 13.6. The number of nitrogens with one attached hydrogen (secondary N) is 2. The largest absolute Gasteiger partial charge is 0.361 e. The number of hydrogen-bond acceptors (Lipinski definition) is 2. The van der Waals surface area contributed by atoms with E-state index in [1.54, 1.807) is 6.07 Å². The monoisotopic (exact) mass is 299 g/mol. The fourth-order valence-electron chi connectivity index (χ4n) is 3.75. The summed E-state index contributed by atoms with van der Waals surface area (Å²) in [6.45, 7) is 3.26. The number of halogens is 1. The van der Waals surface area contributed by atoms with Gasteiger partial charge in [0.1, 0.15) is 5.82 Å². The van der Waals surface area contributed by atoms with Gasteiger partial charge in [-0.25, -0.2) is 4.39 Å². The molecular formula is C18H22FN3. The van der Waals surface area contributed by atoms with Gasteiger partial charge in [-0.3, -0.25) is 10.2 Å². The van der Waals surface area contributed by atoms with Crippen molar-refractivity contribution in [3.8, 4) is 0 Å². The molecule has 0 amide bonds. The van der Waals surface area contributed by atoms with Crippen molar-refractivity contribution in [2.75, 3.05) is 19.6 Å². The number of rotatable bonds is 2. The van der Waals surface area contributed by atoms with E-state index in [0.717, 1.165) is 29.4 Å². The minimum Gasteiger partial charge on any atom is -0.361 e. The first-order valence-electron chi connectivity index (χ1n) is 8.25. The molecule has 0 radical (unpaired) electrons. The molecule has 1 saturated heterocycles. The van der Waals surface area contributed by atoms with Crippen molar-refractivity contribution in [3.05, 3.63) is 41.9 Å². The van der Waals surface area contributed by atoms with E-state index in [1.807, 2.05) is 12.3 Å². The average Bonchev–Trinajstić information content (AvgIpc) is 2.99. The Kier molecular flexibility index (Phi) is 3.72. The molecule has 1 aromatic carbocycles. The fraction of sp³-hybridized carbons (Fsp3) is 0.444. The van der Waals surface area contributed by atoms with Crippen molar-refractivity contribution in [1.29, 1.82) is 0 Å². The standard InChI is InChI=1S/C18H22FN3/c19-14-4-5-17-15(11-14)16(12-21-17)13-6-7-20-18(10-13)22-8-2-1-3-9-22/h4-6,11-12,18,20-21H,1-3,7-10H2. The SMILES string of the molecule is Fc1ccc2[nH]cc(C3=CCNC(N4CCCCC4)C3)c2c1. The van der Waals surface area contributed by atoms with Crippen LogP contribution in [0.15, 0.2) is 30.5 Å². The third-order valence-electron chi connectivity index (χ3n) is 4.94. The molecule has 0 spiro atoms. The highest BCUT2D eigenvalue weighted by Crippen LogP contribution is 2.31. The minimum atomic E-state index is -0.171. The normalized spacial score (nSPS) is 23.7. The molecule has 3 nitrogen and oxygen atoms in total. The van der Waals surface area contributed by atoms with Gasteiger partial charge in [-0.2, -0.15) is 0 Å². The summed E-state index contributed by atoms with van der Waals surface area (Å²) in [5.74, 6) is -0.171. The lowest BCUT2D eigenvalue weighted by atomic mass is 9.96. The van der Waals surface area contributed by atoms with Crippen molar-refractivity contribution in [3.63, 3.8) is 0 Å². The lowest BCUT2D eigenvalue weighted by Crippen LogP contribution is -2.49. The van der Waals surface area contributed by atoms with Crippen LogP contribution in [0.2, 0.25) is 0 Å². The van der Waals surface area contributed by atoms with E-state index in [2.05, 4.69) is 21.3 Å². The van der Waals surface area contributed by atoms with Crippen molar-refractivity contribution in [2.24, 2.45) is 0 Å². The van der Waals surface area contributed by atoms with E-state index >= 15 is 0 Å². The molecular weight excluding hydrogens is 277 g/mol. The molecule has 0 saturated carbocycles. The molecule has 1 aromatic heterocycles. The number of aromatic amines is 1. The highest BCUT2D eigenvalue weighted by atomic mass is 19.1. The molecule has 116 valence electrons. The van der Waals surface area contributed by atoms with E-state index < -0.39 is 0 Å². The molecule has 2 N–H and O–H groups in total. The van der Waals surface area contributed by atoms with Gasteiger partial charge in [-0.15, -0.1) is 0 Å². The van der Waals surface area contributed by atoms with Crippen molar-refractivity contribution in [2.45, 2.75) is 31.8 Å². The van der Waals surface area contributed by atoms with Crippen LogP contribution in [0.3, 0.4) is 0 Å². The van der Waals surface area contributed by atoms with Gasteiger partial charge < -0.3 is 4.98 Å². The first-order chi connectivity index (χ1) is 10.8. The summed E-state index contributed by atoms with van der Waals surface area (Å²) < 4.78 is 13.6. The molecule has 0 aliphatic carbocycles. The predicted octanol–water partition coefficient (Wildman–Crippen LogP) is 3.50. The zero-order valence-electron chi connectivity index (χ0n) is 12.7. The second-order valence-electron chi connectivity index (χ2n) is 6.35. The lowest BCUT2D eigenvalue weighted by Gasteiger charge is -2.37. The molecule has 2 aromatic rings. The number of hydrogen-bond donors (Lipinski definition) is 2. The van der Waals surface area contributed by atoms with Gasteiger partial charge in [0.05, 0.1) is 6.17 Å². The average molecular weight is 299 g/mol. The van der Waals surface area contributed by atoms with Crippen LogP contribution in [0.1, 0.15) is 31.2 Å². The first kappa shape index (κ1) is 14.0. The van der Waals surface area contributed by atoms with Gasteiger partial charge in [-0.1, -0.05) is 12.5 Å². The van der Waals surface area contributed by atoms with Crippen LogP contribution in [0, 0.1) is 5.82 Å². The van der Waals surface area contributed by atoms with Crippen LogP contribution in [0.25, 0.3) is 16.5 Å². The van der Waals surface area contributed by atoms with Gasteiger partial charge in [0, 0.05) is 35.6 Å². The highest BCUT2D eigenvalue weighted by molar-refractivity contribution is 5.92. The number of nitrogens with zero attached hydrogens (tertiary/aromatic N) is 1. The minimum absolute atomic E-state index is 0.171. The van der Waals surface area contributed by atoms with Crippen molar-refractivity contribution < 1.29 is 4.39 Å². The third kappa shape index (κ3) is 2.57. The second-order valence-corrected chi connectivity index (χ2v) is 6.35. The maximum absolute atomic E-state index is 13.6. The van der Waals surface area contributed by atoms with E-state index in [9.17, 15) is 4.39 Å². The number of aromatic nitrogens is 1. The summed E-state index contributed by atoms with van der Waals surface area (Å²) in [4.78, 5) is 5.83. The predicted molar refractivity (Wildman–Crippen MR) is 88.1 cm³/mol. The molecule has 4 rings (SSSR count). The quantitative estimate of drug-likeness (QED) is 0.889. The van der Waals surface area contributed by atoms with Crippen LogP contribution < -0.4 is 5.32 Å². The van der Waals surface area contributed by atoms with Crippen molar-refractivity contribution >= 4 is 16.5 Å². The molecule has 2 aliphatic rings. The van der Waals surface area contributed by atoms with Gasteiger partial charge in [0.2, 0.25) is 0 Å². The number of H-pyrrole nitrogens is 1. The maximum Gasteiger partial charge on any atom is 0.123 e. The summed E-state index contributed by atoms with van der Waals surface area (Å²) in [6.07, 6.45) is 9.63. The Morgan fingerprint density at radius 1 is 1.14 bits per heavy atom. The van der Waals surface area contributed by atoms with Gasteiger partial charge in [0.25, 0.3) is 0 Å². The van der Waals surface area contributed by atoms with Crippen LogP contribution in [0.5, 0.6) is 0 Å². The van der Waals surface area contributed by atoms with Crippen LogP contribution in [-0.4, -0.2) is 35.7 Å². The first-order valence-corrected chi connectivity index (χ1v) is 8.25. The van der Waals surface area contributed by atoms with E-state index in [1.165, 1.54) is 44.0 Å². The third-order valence-corrected chi connectivity index (χ3v) is 4.94. The summed E-state index contributed by atoms with van der Waals surface area (Å²) in [6, 6.07) is 4.97. The topological polar surface area (TPSA) is 31.1 Å². The van der Waals surface area contributed by atoms with Gasteiger partial charge in [0.15, 0.2) is 0 Å². The second kappa shape index (κ2) is 5.86. The molecule has 2 aliphatic heterocycles. The number of fused-ring (bicyclic) bond motifs is 1. The molecule has 1 unspecified atom stereocenters. The Bertz CT molecular complexity index is 697. The van der Waals surface area contributed by atoms with E-state index in [-0.39, 0.29) is 5.82 Å². The highest BCUT2D eigenvalue weighted by Gasteiger charge is 2.24. The molecule has 3 heterocycles. The smallest absolute Gasteiger partial charge is 0.123 e. The molecule has 4 heteroatoms. The van der Waals surface area contributed by atoms with Crippen LogP contribution in [-0.2, 0) is 0 Å². The Balaban J connectivity index is 1.61.